The molecule has 0 fully saturated rings. The third-order valence-corrected chi connectivity index (χ3v) is 5.10. The van der Waals surface area contributed by atoms with E-state index >= 15 is 0 Å². The van der Waals surface area contributed by atoms with Crippen LogP contribution in [0.4, 0.5) is 15.8 Å². The maximum Gasteiger partial charge on any atom is 0.307 e. The highest BCUT2D eigenvalue weighted by molar-refractivity contribution is 5.87. The number of carbonyl (C=O) groups is 1. The fourth-order valence-corrected chi connectivity index (χ4v) is 3.59. The Morgan fingerprint density at radius 1 is 0.966 bits per heavy atom. The number of aliphatic carboxylic acids is 1. The van der Waals surface area contributed by atoms with Gasteiger partial charge in [-0.15, -0.1) is 0 Å². The molecule has 0 aliphatic heterocycles. The molecule has 0 unspecified atom stereocenters. The quantitative estimate of drug-likeness (QED) is 0.492. The zero-order chi connectivity index (χ0) is 20.4. The summed E-state index contributed by atoms with van der Waals surface area (Å²) in [7, 11) is 1.94. The summed E-state index contributed by atoms with van der Waals surface area (Å²) in [5.41, 5.74) is 4.87. The van der Waals surface area contributed by atoms with Crippen LogP contribution in [0.2, 0.25) is 0 Å². The fraction of sp³-hybridized carbons (Fsp3) is 0.125. The van der Waals surface area contributed by atoms with E-state index in [4.69, 9.17) is 0 Å². The number of hydrogen-bond donors (Lipinski definition) is 1. The molecule has 1 aromatic heterocycles. The summed E-state index contributed by atoms with van der Waals surface area (Å²) in [6, 6.07) is 22.4. The van der Waals surface area contributed by atoms with Gasteiger partial charge in [0.15, 0.2) is 0 Å². The molecular weight excluding hydrogens is 367 g/mol. The van der Waals surface area contributed by atoms with Crippen LogP contribution in [0.1, 0.15) is 11.1 Å². The molecule has 4 aromatic rings. The molecule has 0 saturated heterocycles. The topological polar surface area (TPSA) is 45.5 Å². The highest BCUT2D eigenvalue weighted by Crippen LogP contribution is 2.26. The molecule has 4 rings (SSSR count). The van der Waals surface area contributed by atoms with E-state index < -0.39 is 5.97 Å². The van der Waals surface area contributed by atoms with Gasteiger partial charge in [-0.05, 0) is 53.6 Å². The molecule has 5 heteroatoms. The standard InChI is InChI=1S/C24H21FN2O2/c1-26(21-12-8-19(25)9-13-21)20-10-6-17(7-11-20)15-27-16-18(14-24(28)29)22-4-2-3-5-23(22)27/h2-13,16H,14-15H2,1H3,(H,28,29). The van der Waals surface area contributed by atoms with Gasteiger partial charge < -0.3 is 14.6 Å². The Morgan fingerprint density at radius 3 is 2.24 bits per heavy atom. The van der Waals surface area contributed by atoms with Gasteiger partial charge in [0.25, 0.3) is 0 Å². The van der Waals surface area contributed by atoms with Crippen LogP contribution in [0.25, 0.3) is 10.9 Å². The number of carboxylic acids is 1. The van der Waals surface area contributed by atoms with Crippen LogP contribution in [0.3, 0.4) is 0 Å². The Hall–Kier alpha value is -3.60. The van der Waals surface area contributed by atoms with Crippen molar-refractivity contribution in [2.45, 2.75) is 13.0 Å². The van der Waals surface area contributed by atoms with Gasteiger partial charge >= 0.3 is 5.97 Å². The third kappa shape index (κ3) is 3.99. The number of benzene rings is 3. The van der Waals surface area contributed by atoms with Crippen molar-refractivity contribution < 1.29 is 14.3 Å². The van der Waals surface area contributed by atoms with Crippen molar-refractivity contribution in [2.24, 2.45) is 0 Å². The zero-order valence-corrected chi connectivity index (χ0v) is 16.0. The lowest BCUT2D eigenvalue weighted by Crippen LogP contribution is -2.09. The van der Waals surface area contributed by atoms with Gasteiger partial charge in [-0.2, -0.15) is 0 Å². The van der Waals surface area contributed by atoms with Crippen molar-refractivity contribution in [2.75, 3.05) is 11.9 Å². The van der Waals surface area contributed by atoms with Gasteiger partial charge in [-0.3, -0.25) is 4.79 Å². The second kappa shape index (κ2) is 7.80. The fourth-order valence-electron chi connectivity index (χ4n) is 3.59. The number of anilines is 2. The third-order valence-electron chi connectivity index (χ3n) is 5.10. The van der Waals surface area contributed by atoms with Crippen molar-refractivity contribution in [3.63, 3.8) is 0 Å². The minimum Gasteiger partial charge on any atom is -0.481 e. The molecule has 3 aromatic carbocycles. The maximum absolute atomic E-state index is 13.1. The van der Waals surface area contributed by atoms with E-state index in [-0.39, 0.29) is 12.2 Å². The molecule has 146 valence electrons. The second-order valence-electron chi connectivity index (χ2n) is 7.07. The number of carboxylic acid groups (broad SMARTS) is 1. The first-order valence-electron chi connectivity index (χ1n) is 9.38. The molecule has 1 heterocycles. The summed E-state index contributed by atoms with van der Waals surface area (Å²) < 4.78 is 15.2. The minimum atomic E-state index is -0.832. The molecule has 1 N–H and O–H groups in total. The van der Waals surface area contributed by atoms with E-state index in [0.29, 0.717) is 6.54 Å². The smallest absolute Gasteiger partial charge is 0.307 e. The van der Waals surface area contributed by atoms with Crippen LogP contribution in [-0.4, -0.2) is 22.7 Å². The SMILES string of the molecule is CN(c1ccc(F)cc1)c1ccc(Cn2cc(CC(=O)O)c3ccccc32)cc1. The molecule has 0 atom stereocenters. The van der Waals surface area contributed by atoms with Crippen molar-refractivity contribution in [1.29, 1.82) is 0 Å². The first-order chi connectivity index (χ1) is 14.0. The van der Waals surface area contributed by atoms with Crippen LogP contribution < -0.4 is 4.90 Å². The van der Waals surface area contributed by atoms with Crippen LogP contribution in [0, 0.1) is 5.82 Å². The summed E-state index contributed by atoms with van der Waals surface area (Å²) in [5.74, 6) is -1.08. The minimum absolute atomic E-state index is 0.00885. The molecular formula is C24H21FN2O2. The van der Waals surface area contributed by atoms with Gasteiger partial charge in [0, 0.05) is 42.1 Å². The molecule has 0 aliphatic carbocycles. The van der Waals surface area contributed by atoms with Gasteiger partial charge in [0.05, 0.1) is 6.42 Å². The largest absolute Gasteiger partial charge is 0.481 e. The summed E-state index contributed by atoms with van der Waals surface area (Å²) in [6.07, 6.45) is 1.94. The normalized spacial score (nSPS) is 11.0. The Bertz CT molecular complexity index is 1150. The van der Waals surface area contributed by atoms with Crippen LogP contribution in [-0.2, 0) is 17.8 Å². The molecule has 0 amide bonds. The Balaban J connectivity index is 1.58. The Morgan fingerprint density at radius 2 is 1.59 bits per heavy atom. The van der Waals surface area contributed by atoms with Crippen molar-refractivity contribution in [3.05, 3.63) is 95.9 Å². The van der Waals surface area contributed by atoms with Gasteiger partial charge in [0.2, 0.25) is 0 Å². The van der Waals surface area contributed by atoms with Gasteiger partial charge in [0.1, 0.15) is 5.82 Å². The number of nitrogens with zero attached hydrogens (tertiary/aromatic N) is 2. The summed E-state index contributed by atoms with van der Waals surface area (Å²) in [6.45, 7) is 0.653. The van der Waals surface area contributed by atoms with E-state index in [2.05, 4.69) is 16.7 Å². The second-order valence-corrected chi connectivity index (χ2v) is 7.07. The maximum atomic E-state index is 13.1. The Kier molecular flexibility index (Phi) is 5.04. The van der Waals surface area contributed by atoms with E-state index in [1.807, 2.05) is 54.5 Å². The summed E-state index contributed by atoms with van der Waals surface area (Å²) in [4.78, 5) is 13.2. The van der Waals surface area contributed by atoms with Crippen molar-refractivity contribution in [1.82, 2.24) is 4.57 Å². The van der Waals surface area contributed by atoms with Crippen LogP contribution in [0.5, 0.6) is 0 Å². The van der Waals surface area contributed by atoms with Crippen molar-refractivity contribution >= 4 is 28.2 Å². The number of rotatable bonds is 6. The van der Waals surface area contributed by atoms with Gasteiger partial charge in [-0.25, -0.2) is 4.39 Å². The predicted octanol–water partition coefficient (Wildman–Crippen LogP) is 5.22. The average molecular weight is 388 g/mol. The number of hydrogen-bond acceptors (Lipinski definition) is 2. The van der Waals surface area contributed by atoms with E-state index in [1.54, 1.807) is 12.1 Å². The monoisotopic (exact) mass is 388 g/mol. The molecule has 29 heavy (non-hydrogen) atoms. The van der Waals surface area contributed by atoms with Gasteiger partial charge in [-0.1, -0.05) is 30.3 Å². The lowest BCUT2D eigenvalue weighted by Gasteiger charge is -2.20. The predicted molar refractivity (Wildman–Crippen MR) is 113 cm³/mol. The molecule has 0 saturated carbocycles. The average Bonchev–Trinajstić information content (AvgIpc) is 3.05. The number of para-hydroxylation sites is 1. The van der Waals surface area contributed by atoms with Crippen molar-refractivity contribution in [3.8, 4) is 0 Å². The highest BCUT2D eigenvalue weighted by Gasteiger charge is 2.11. The molecule has 4 nitrogen and oxygen atoms in total. The molecule has 0 spiro atoms. The first kappa shape index (κ1) is 18.7. The van der Waals surface area contributed by atoms with Crippen LogP contribution in [0.15, 0.2) is 79.0 Å². The molecule has 0 aliphatic rings. The number of aromatic nitrogens is 1. The van der Waals surface area contributed by atoms with E-state index in [9.17, 15) is 14.3 Å². The lowest BCUT2D eigenvalue weighted by atomic mass is 10.1. The Labute approximate surface area is 168 Å². The first-order valence-corrected chi connectivity index (χ1v) is 9.38. The van der Waals surface area contributed by atoms with E-state index in [1.165, 1.54) is 12.1 Å². The van der Waals surface area contributed by atoms with Crippen LogP contribution >= 0.6 is 0 Å². The number of fused-ring (bicyclic) bond motifs is 1. The lowest BCUT2D eigenvalue weighted by molar-refractivity contribution is -0.136. The van der Waals surface area contributed by atoms with E-state index in [0.717, 1.165) is 33.4 Å². The molecule has 0 bridgehead atoms. The number of halogens is 1. The summed E-state index contributed by atoms with van der Waals surface area (Å²) in [5, 5.41) is 10.2. The zero-order valence-electron chi connectivity index (χ0n) is 16.0. The highest BCUT2D eigenvalue weighted by atomic mass is 19.1. The summed E-state index contributed by atoms with van der Waals surface area (Å²) >= 11 is 0. The molecule has 0 radical (unpaired) electrons.